The second kappa shape index (κ2) is 8.82. The van der Waals surface area contributed by atoms with Crippen molar-refractivity contribution in [2.24, 2.45) is 0 Å². The molecule has 1 aromatic carbocycles. The highest BCUT2D eigenvalue weighted by molar-refractivity contribution is 7.92. The number of pyridine rings is 1. The summed E-state index contributed by atoms with van der Waals surface area (Å²) >= 11 is 0. The Morgan fingerprint density at radius 1 is 1.21 bits per heavy atom. The Morgan fingerprint density at radius 3 is 2.52 bits per heavy atom. The van der Waals surface area contributed by atoms with Gasteiger partial charge in [0.15, 0.2) is 5.82 Å². The molecule has 12 heteroatoms. The third-order valence-corrected chi connectivity index (χ3v) is 5.18. The van der Waals surface area contributed by atoms with Gasteiger partial charge in [0.2, 0.25) is 10.0 Å². The normalized spacial score (nSPS) is 11.0. The summed E-state index contributed by atoms with van der Waals surface area (Å²) in [5, 5.41) is 4.54. The molecule has 2 aromatic rings. The van der Waals surface area contributed by atoms with Gasteiger partial charge in [0.05, 0.1) is 28.9 Å². The van der Waals surface area contributed by atoms with Crippen LogP contribution >= 0.6 is 0 Å². The van der Waals surface area contributed by atoms with Crippen molar-refractivity contribution in [3.63, 3.8) is 0 Å². The zero-order valence-corrected chi connectivity index (χ0v) is 16.4. The van der Waals surface area contributed by atoms with Crippen LogP contribution in [0.5, 0.6) is 0 Å². The molecular weight excluding hydrogens is 408 g/mol. The fourth-order valence-corrected chi connectivity index (χ4v) is 3.51. The molecule has 0 spiro atoms. The maximum atomic E-state index is 14.7. The Bertz CT molecular complexity index is 1060. The average molecular weight is 427 g/mol. The Morgan fingerprint density at radius 2 is 1.90 bits per heavy atom. The lowest BCUT2D eigenvalue weighted by Crippen LogP contribution is -2.22. The quantitative estimate of drug-likeness (QED) is 0.530. The van der Waals surface area contributed by atoms with Gasteiger partial charge in [0, 0.05) is 7.05 Å². The Kier molecular flexibility index (Phi) is 6.69. The zero-order chi connectivity index (χ0) is 21.8. The van der Waals surface area contributed by atoms with E-state index >= 15 is 0 Å². The molecule has 156 valence electrons. The van der Waals surface area contributed by atoms with Crippen LogP contribution in [0, 0.1) is 11.6 Å². The van der Waals surface area contributed by atoms with E-state index in [0.29, 0.717) is 0 Å². The summed E-state index contributed by atoms with van der Waals surface area (Å²) < 4.78 is 54.4. The number of nitrogens with two attached hydrogens (primary N) is 1. The molecule has 2 amide bonds. The van der Waals surface area contributed by atoms with Crippen LogP contribution in [-0.2, 0) is 10.0 Å². The van der Waals surface area contributed by atoms with Crippen molar-refractivity contribution in [1.29, 1.82) is 0 Å². The first-order valence-corrected chi connectivity index (χ1v) is 10.0. The number of benzene rings is 1. The van der Waals surface area contributed by atoms with E-state index in [4.69, 9.17) is 5.73 Å². The predicted octanol–water partition coefficient (Wildman–Crippen LogP) is 1.71. The number of carbonyl (C=O) groups is 2. The van der Waals surface area contributed by atoms with Gasteiger partial charge in [-0.2, -0.15) is 0 Å². The third kappa shape index (κ3) is 5.16. The lowest BCUT2D eigenvalue weighted by Gasteiger charge is -2.13. The molecule has 5 N–H and O–H groups in total. The van der Waals surface area contributed by atoms with E-state index in [9.17, 15) is 26.8 Å². The molecule has 0 atom stereocenters. The van der Waals surface area contributed by atoms with Gasteiger partial charge >= 0.3 is 0 Å². The predicted molar refractivity (Wildman–Crippen MR) is 104 cm³/mol. The van der Waals surface area contributed by atoms with Crippen molar-refractivity contribution >= 4 is 39.0 Å². The van der Waals surface area contributed by atoms with Crippen molar-refractivity contribution in [3.8, 4) is 0 Å². The number of hydrogen-bond donors (Lipinski definition) is 4. The van der Waals surface area contributed by atoms with E-state index in [1.165, 1.54) is 13.1 Å². The molecule has 2 rings (SSSR count). The Labute approximate surface area is 165 Å². The third-order valence-electron chi connectivity index (χ3n) is 3.70. The maximum Gasteiger partial charge on any atom is 0.261 e. The van der Waals surface area contributed by atoms with E-state index in [-0.39, 0.29) is 29.2 Å². The second-order valence-corrected chi connectivity index (χ2v) is 7.74. The molecule has 0 aliphatic heterocycles. The van der Waals surface area contributed by atoms with Crippen LogP contribution in [0.1, 0.15) is 34.1 Å². The number of hydrogen-bond acceptors (Lipinski definition) is 6. The molecule has 0 unspecified atom stereocenters. The highest BCUT2D eigenvalue weighted by Crippen LogP contribution is 2.24. The van der Waals surface area contributed by atoms with Gasteiger partial charge in [0.1, 0.15) is 17.2 Å². The number of aromatic nitrogens is 1. The number of nitrogens with one attached hydrogen (secondary N) is 3. The molecular formula is C17H19F2N5O4S. The van der Waals surface area contributed by atoms with Crippen LogP contribution in [0.25, 0.3) is 0 Å². The Hall–Kier alpha value is -3.28. The van der Waals surface area contributed by atoms with Crippen LogP contribution < -0.4 is 21.1 Å². The molecule has 0 saturated carbocycles. The number of anilines is 3. The van der Waals surface area contributed by atoms with Crippen LogP contribution in [0.3, 0.4) is 0 Å². The molecule has 1 aromatic heterocycles. The van der Waals surface area contributed by atoms with E-state index in [0.717, 1.165) is 18.3 Å². The van der Waals surface area contributed by atoms with Crippen LogP contribution in [0.4, 0.5) is 26.0 Å². The summed E-state index contributed by atoms with van der Waals surface area (Å²) in [5.41, 5.74) is 3.93. The standard InChI is InChI=1S/C17H19F2N5O4S/c1-3-6-29(27,28)24-12-5-4-11(18)13(14(12)19)17(26)23-9-7-10(16(25)21-2)15(20)22-8-9/h4-5,7-8,24H,3,6H2,1-2H3,(H2,20,22)(H,21,25)(H,23,26). The van der Waals surface area contributed by atoms with E-state index in [1.54, 1.807) is 6.92 Å². The minimum absolute atomic E-state index is 0.0430. The van der Waals surface area contributed by atoms with E-state index < -0.39 is 44.7 Å². The molecule has 29 heavy (non-hydrogen) atoms. The average Bonchev–Trinajstić information content (AvgIpc) is 2.65. The number of rotatable bonds is 7. The summed E-state index contributed by atoms with van der Waals surface area (Å²) in [6.45, 7) is 1.62. The van der Waals surface area contributed by atoms with Gasteiger partial charge < -0.3 is 16.4 Å². The van der Waals surface area contributed by atoms with Crippen molar-refractivity contribution in [2.45, 2.75) is 13.3 Å². The van der Waals surface area contributed by atoms with Crippen molar-refractivity contribution < 1.29 is 26.8 Å². The first kappa shape index (κ1) is 22.0. The first-order valence-electron chi connectivity index (χ1n) is 8.37. The molecule has 0 fully saturated rings. The van der Waals surface area contributed by atoms with Gasteiger partial charge in [-0.1, -0.05) is 6.92 Å². The highest BCUT2D eigenvalue weighted by atomic mass is 32.2. The van der Waals surface area contributed by atoms with E-state index in [1.807, 2.05) is 4.72 Å². The number of amides is 2. The van der Waals surface area contributed by atoms with Crippen LogP contribution in [0.15, 0.2) is 24.4 Å². The number of sulfonamides is 1. The summed E-state index contributed by atoms with van der Waals surface area (Å²) in [7, 11) is -2.49. The maximum absolute atomic E-state index is 14.7. The minimum atomic E-state index is -3.86. The fourth-order valence-electron chi connectivity index (χ4n) is 2.38. The van der Waals surface area contributed by atoms with Crippen molar-refractivity contribution in [3.05, 3.63) is 47.2 Å². The largest absolute Gasteiger partial charge is 0.383 e. The number of nitrogens with zero attached hydrogens (tertiary/aromatic N) is 1. The molecule has 0 aliphatic rings. The zero-order valence-electron chi connectivity index (χ0n) is 15.5. The molecule has 0 bridgehead atoms. The summed E-state index contributed by atoms with van der Waals surface area (Å²) in [6, 6.07) is 2.82. The van der Waals surface area contributed by atoms with E-state index in [2.05, 4.69) is 15.6 Å². The van der Waals surface area contributed by atoms with Gasteiger partial charge in [0.25, 0.3) is 11.8 Å². The number of nitrogen functional groups attached to an aromatic ring is 1. The van der Waals surface area contributed by atoms with Gasteiger partial charge in [-0.05, 0) is 24.6 Å². The molecule has 0 aliphatic carbocycles. The molecule has 1 heterocycles. The van der Waals surface area contributed by atoms with Gasteiger partial charge in [-0.3, -0.25) is 14.3 Å². The van der Waals surface area contributed by atoms with Crippen molar-refractivity contribution in [1.82, 2.24) is 10.3 Å². The SMILES string of the molecule is CCCS(=O)(=O)Nc1ccc(F)c(C(=O)Nc2cnc(N)c(C(=O)NC)c2)c1F. The monoisotopic (exact) mass is 427 g/mol. The first-order chi connectivity index (χ1) is 13.6. The van der Waals surface area contributed by atoms with Gasteiger partial charge in [-0.15, -0.1) is 0 Å². The number of carbonyl (C=O) groups excluding carboxylic acids is 2. The summed E-state index contributed by atoms with van der Waals surface area (Å²) in [5.74, 6) is -4.73. The molecule has 0 saturated heterocycles. The fraction of sp³-hybridized carbons (Fsp3) is 0.235. The second-order valence-electron chi connectivity index (χ2n) is 5.89. The van der Waals surface area contributed by atoms with Crippen LogP contribution in [0.2, 0.25) is 0 Å². The minimum Gasteiger partial charge on any atom is -0.383 e. The lowest BCUT2D eigenvalue weighted by molar-refractivity contribution is 0.0961. The molecule has 9 nitrogen and oxygen atoms in total. The Balaban J connectivity index is 2.36. The van der Waals surface area contributed by atoms with Crippen LogP contribution in [-0.4, -0.2) is 38.0 Å². The lowest BCUT2D eigenvalue weighted by atomic mass is 10.1. The van der Waals surface area contributed by atoms with Crippen molar-refractivity contribution in [2.75, 3.05) is 28.6 Å². The van der Waals surface area contributed by atoms with Gasteiger partial charge in [-0.25, -0.2) is 22.2 Å². The topological polar surface area (TPSA) is 143 Å². The smallest absolute Gasteiger partial charge is 0.261 e. The highest BCUT2D eigenvalue weighted by Gasteiger charge is 2.23. The number of halogens is 2. The summed E-state index contributed by atoms with van der Waals surface area (Å²) in [6.07, 6.45) is 1.38. The summed E-state index contributed by atoms with van der Waals surface area (Å²) in [4.78, 5) is 27.9. The molecule has 0 radical (unpaired) electrons.